The quantitative estimate of drug-likeness (QED) is 0.521. The van der Waals surface area contributed by atoms with E-state index in [0.717, 1.165) is 16.7 Å². The van der Waals surface area contributed by atoms with Gasteiger partial charge in [0, 0.05) is 12.5 Å². The Bertz CT molecular complexity index is 1080. The third-order valence-corrected chi connectivity index (χ3v) is 4.21. The van der Waals surface area contributed by atoms with Crippen LogP contribution in [-0.2, 0) is 4.79 Å². The maximum absolute atomic E-state index is 11.7. The van der Waals surface area contributed by atoms with E-state index in [1.807, 2.05) is 66.7 Å². The van der Waals surface area contributed by atoms with Crippen LogP contribution < -0.4 is 5.32 Å². The van der Waals surface area contributed by atoms with Crippen LogP contribution in [-0.4, -0.2) is 11.0 Å². The number of benzene rings is 3. The van der Waals surface area contributed by atoms with E-state index in [1.54, 1.807) is 6.07 Å². The molecule has 0 radical (unpaired) electrons. The molecule has 4 nitrogen and oxygen atoms in total. The Morgan fingerprint density at radius 2 is 1.50 bits per heavy atom. The molecule has 0 saturated heterocycles. The summed E-state index contributed by atoms with van der Waals surface area (Å²) in [6, 6.07) is 22.8. The second-order valence-corrected chi connectivity index (χ2v) is 6.09. The Morgan fingerprint density at radius 3 is 2.12 bits per heavy atom. The summed E-state index contributed by atoms with van der Waals surface area (Å²) in [5, 5.41) is 14.0. The van der Waals surface area contributed by atoms with Crippen molar-refractivity contribution in [2.75, 3.05) is 5.32 Å². The van der Waals surface area contributed by atoms with Gasteiger partial charge in [-0.3, -0.25) is 4.79 Å². The topological polar surface area (TPSA) is 62.5 Å². The normalized spacial score (nSPS) is 10.8. The van der Waals surface area contributed by atoms with Crippen molar-refractivity contribution in [1.82, 2.24) is 0 Å². The summed E-state index contributed by atoms with van der Waals surface area (Å²) >= 11 is 0. The number of nitrogens with one attached hydrogen (secondary N) is 1. The van der Waals surface area contributed by atoms with E-state index in [9.17, 15) is 9.90 Å². The van der Waals surface area contributed by atoms with Crippen molar-refractivity contribution in [2.24, 2.45) is 0 Å². The lowest BCUT2D eigenvalue weighted by Crippen LogP contribution is -2.06. The Morgan fingerprint density at radius 1 is 0.885 bits per heavy atom. The van der Waals surface area contributed by atoms with Crippen molar-refractivity contribution in [2.45, 2.75) is 6.92 Å². The highest BCUT2D eigenvalue weighted by Crippen LogP contribution is 2.44. The number of carbonyl (C=O) groups excluding carboxylic acids is 1. The summed E-state index contributed by atoms with van der Waals surface area (Å²) in [7, 11) is 0. The first-order valence-electron chi connectivity index (χ1n) is 8.31. The van der Waals surface area contributed by atoms with Crippen molar-refractivity contribution < 1.29 is 14.3 Å². The molecule has 0 unspecified atom stereocenters. The zero-order valence-corrected chi connectivity index (χ0v) is 14.2. The molecule has 1 amide bonds. The largest absolute Gasteiger partial charge is 0.507 e. The molecule has 0 atom stereocenters. The van der Waals surface area contributed by atoms with Crippen LogP contribution in [0.1, 0.15) is 6.92 Å². The minimum absolute atomic E-state index is 0.0658. The summed E-state index contributed by atoms with van der Waals surface area (Å²) in [5.41, 5.74) is 3.65. The molecule has 4 rings (SSSR count). The van der Waals surface area contributed by atoms with Crippen LogP contribution in [0, 0.1) is 0 Å². The van der Waals surface area contributed by atoms with Crippen molar-refractivity contribution in [3.8, 4) is 28.2 Å². The lowest BCUT2D eigenvalue weighted by Gasteiger charge is -2.06. The van der Waals surface area contributed by atoms with Crippen LogP contribution in [0.2, 0.25) is 0 Å². The molecule has 4 aromatic rings. The first kappa shape index (κ1) is 16.0. The predicted octanol–water partition coefficient (Wildman–Crippen LogP) is 5.43. The standard InChI is InChI=1S/C22H17NO3/c1-14(24)23-21-20-18(25)12-17(15-8-4-2-5-9-15)13-19(20)26-22(21)16-10-6-3-7-11-16/h2-13,25H,1H3,(H,23,24). The lowest BCUT2D eigenvalue weighted by atomic mass is 10.0. The average Bonchev–Trinajstić information content (AvgIpc) is 3.01. The van der Waals surface area contributed by atoms with Crippen LogP contribution in [0.25, 0.3) is 33.4 Å². The van der Waals surface area contributed by atoms with E-state index in [4.69, 9.17) is 4.42 Å². The van der Waals surface area contributed by atoms with Crippen LogP contribution in [0.3, 0.4) is 0 Å². The molecule has 1 aromatic heterocycles. The highest BCUT2D eigenvalue weighted by atomic mass is 16.3. The van der Waals surface area contributed by atoms with Gasteiger partial charge in [0.15, 0.2) is 5.76 Å². The third-order valence-electron chi connectivity index (χ3n) is 4.21. The molecule has 0 saturated carbocycles. The highest BCUT2D eigenvalue weighted by Gasteiger charge is 2.20. The minimum Gasteiger partial charge on any atom is -0.507 e. The molecule has 3 aromatic carbocycles. The first-order chi connectivity index (χ1) is 12.6. The number of hydrogen-bond donors (Lipinski definition) is 2. The smallest absolute Gasteiger partial charge is 0.221 e. The molecule has 0 spiro atoms. The molecule has 1 heterocycles. The maximum Gasteiger partial charge on any atom is 0.221 e. The van der Waals surface area contributed by atoms with E-state index >= 15 is 0 Å². The van der Waals surface area contributed by atoms with Crippen LogP contribution in [0.5, 0.6) is 5.75 Å². The van der Waals surface area contributed by atoms with Gasteiger partial charge in [-0.1, -0.05) is 60.7 Å². The summed E-state index contributed by atoms with van der Waals surface area (Å²) in [6.45, 7) is 1.43. The SMILES string of the molecule is CC(=O)Nc1c(-c2ccccc2)oc2cc(-c3ccccc3)cc(O)c12. The van der Waals surface area contributed by atoms with E-state index in [-0.39, 0.29) is 11.7 Å². The van der Waals surface area contributed by atoms with Gasteiger partial charge in [0.2, 0.25) is 5.91 Å². The molecule has 0 aliphatic heterocycles. The van der Waals surface area contributed by atoms with Gasteiger partial charge in [-0.15, -0.1) is 0 Å². The number of anilines is 1. The average molecular weight is 343 g/mol. The number of aromatic hydroxyl groups is 1. The number of furan rings is 1. The van der Waals surface area contributed by atoms with E-state index in [2.05, 4.69) is 5.32 Å². The second-order valence-electron chi connectivity index (χ2n) is 6.09. The van der Waals surface area contributed by atoms with Crippen molar-refractivity contribution >= 4 is 22.6 Å². The van der Waals surface area contributed by atoms with Crippen molar-refractivity contribution in [1.29, 1.82) is 0 Å². The number of rotatable bonds is 3. The van der Waals surface area contributed by atoms with Gasteiger partial charge >= 0.3 is 0 Å². The number of amides is 1. The van der Waals surface area contributed by atoms with Gasteiger partial charge in [-0.25, -0.2) is 0 Å². The molecule has 0 fully saturated rings. The molecule has 0 aliphatic rings. The van der Waals surface area contributed by atoms with E-state index in [0.29, 0.717) is 22.4 Å². The molecule has 2 N–H and O–H groups in total. The number of carbonyl (C=O) groups is 1. The number of fused-ring (bicyclic) bond motifs is 1. The summed E-state index contributed by atoms with van der Waals surface area (Å²) < 4.78 is 6.05. The number of phenols is 1. The van der Waals surface area contributed by atoms with Gasteiger partial charge in [0.25, 0.3) is 0 Å². The summed E-state index contributed by atoms with van der Waals surface area (Å²) in [6.07, 6.45) is 0. The maximum atomic E-state index is 11.7. The fourth-order valence-electron chi connectivity index (χ4n) is 3.09. The fourth-order valence-corrected chi connectivity index (χ4v) is 3.09. The number of hydrogen-bond acceptors (Lipinski definition) is 3. The van der Waals surface area contributed by atoms with E-state index in [1.165, 1.54) is 6.92 Å². The molecular formula is C22H17NO3. The van der Waals surface area contributed by atoms with Crippen LogP contribution in [0.4, 0.5) is 5.69 Å². The van der Waals surface area contributed by atoms with Gasteiger partial charge < -0.3 is 14.8 Å². The van der Waals surface area contributed by atoms with Gasteiger partial charge in [-0.05, 0) is 23.3 Å². The monoisotopic (exact) mass is 343 g/mol. The zero-order valence-electron chi connectivity index (χ0n) is 14.2. The zero-order chi connectivity index (χ0) is 18.1. The van der Waals surface area contributed by atoms with Gasteiger partial charge in [0.1, 0.15) is 11.3 Å². The second kappa shape index (κ2) is 6.41. The highest BCUT2D eigenvalue weighted by molar-refractivity contribution is 6.09. The van der Waals surface area contributed by atoms with Gasteiger partial charge in [-0.2, -0.15) is 0 Å². The molecule has 0 aliphatic carbocycles. The first-order valence-corrected chi connectivity index (χ1v) is 8.31. The third kappa shape index (κ3) is 2.82. The van der Waals surface area contributed by atoms with Crippen molar-refractivity contribution in [3.05, 3.63) is 72.8 Å². The molecule has 0 bridgehead atoms. The Hall–Kier alpha value is -3.53. The molecule has 4 heteroatoms. The summed E-state index contributed by atoms with van der Waals surface area (Å²) in [5.74, 6) is 0.365. The number of phenolic OH excluding ortho intramolecular Hbond substituents is 1. The van der Waals surface area contributed by atoms with E-state index < -0.39 is 0 Å². The fraction of sp³-hybridized carbons (Fsp3) is 0.0455. The van der Waals surface area contributed by atoms with Crippen LogP contribution >= 0.6 is 0 Å². The van der Waals surface area contributed by atoms with Gasteiger partial charge in [0.05, 0.1) is 11.1 Å². The van der Waals surface area contributed by atoms with Crippen LogP contribution in [0.15, 0.2) is 77.2 Å². The predicted molar refractivity (Wildman–Crippen MR) is 103 cm³/mol. The Labute approximate surface area is 150 Å². The van der Waals surface area contributed by atoms with Crippen molar-refractivity contribution in [3.63, 3.8) is 0 Å². The molecular weight excluding hydrogens is 326 g/mol. The molecule has 128 valence electrons. The Balaban J connectivity index is 1.97. The lowest BCUT2D eigenvalue weighted by molar-refractivity contribution is -0.114. The Kier molecular flexibility index (Phi) is 3.93. The molecule has 26 heavy (non-hydrogen) atoms. The summed E-state index contributed by atoms with van der Waals surface area (Å²) in [4.78, 5) is 11.7. The minimum atomic E-state index is -0.226.